The molecule has 5 heteroatoms. The lowest BCUT2D eigenvalue weighted by Crippen LogP contribution is -2.73. The van der Waals surface area contributed by atoms with E-state index in [1.54, 1.807) is 11.1 Å². The van der Waals surface area contributed by atoms with E-state index in [9.17, 15) is 9.59 Å². The fourth-order valence-electron chi connectivity index (χ4n) is 3.64. The fraction of sp³-hybridized carbons (Fsp3) is 0.250. The second-order valence-electron chi connectivity index (χ2n) is 6.86. The number of carbonyl (C=O) groups excluding carboxylic acids is 2. The first-order valence-corrected chi connectivity index (χ1v) is 8.32. The van der Waals surface area contributed by atoms with Gasteiger partial charge in [-0.3, -0.25) is 14.6 Å². The summed E-state index contributed by atoms with van der Waals surface area (Å²) in [5, 5.41) is 0. The van der Waals surface area contributed by atoms with Crippen LogP contribution >= 0.6 is 0 Å². The molecule has 3 heterocycles. The summed E-state index contributed by atoms with van der Waals surface area (Å²) in [5.74, 6) is -0.0256. The maximum Gasteiger partial charge on any atom is 0.255 e. The first kappa shape index (κ1) is 15.6. The zero-order valence-electron chi connectivity index (χ0n) is 13.9. The van der Waals surface area contributed by atoms with Crippen molar-refractivity contribution in [3.8, 4) is 11.3 Å². The molecule has 1 aromatic carbocycles. The summed E-state index contributed by atoms with van der Waals surface area (Å²) in [5.41, 5.74) is 2.58. The Morgan fingerprint density at radius 2 is 1.68 bits per heavy atom. The Morgan fingerprint density at radius 3 is 2.28 bits per heavy atom. The molecule has 0 radical (unpaired) electrons. The molecule has 4 rings (SSSR count). The smallest absolute Gasteiger partial charge is 0.255 e. The standard InChI is InChI=1S/C20H19N3O2/c1-2-18(24)22-11-20(12-22)13-23(14-20)19(25)16-8-9-17(21-10-16)15-6-4-3-5-7-15/h2-10H,1,11-14H2. The quantitative estimate of drug-likeness (QED) is 0.810. The van der Waals surface area contributed by atoms with Crippen molar-refractivity contribution in [2.75, 3.05) is 26.2 Å². The Balaban J connectivity index is 1.37. The highest BCUT2D eigenvalue weighted by Gasteiger charge is 2.54. The second kappa shape index (κ2) is 5.84. The molecule has 5 nitrogen and oxygen atoms in total. The number of carbonyl (C=O) groups is 2. The molecule has 0 bridgehead atoms. The van der Waals surface area contributed by atoms with Gasteiger partial charge in [0.25, 0.3) is 5.91 Å². The number of hydrogen-bond acceptors (Lipinski definition) is 3. The zero-order chi connectivity index (χ0) is 17.4. The van der Waals surface area contributed by atoms with Gasteiger partial charge in [-0.05, 0) is 18.2 Å². The summed E-state index contributed by atoms with van der Waals surface area (Å²) in [4.78, 5) is 32.1. The van der Waals surface area contributed by atoms with Gasteiger partial charge in [0.1, 0.15) is 0 Å². The summed E-state index contributed by atoms with van der Waals surface area (Å²) < 4.78 is 0. The number of amides is 2. The fourth-order valence-corrected chi connectivity index (χ4v) is 3.64. The van der Waals surface area contributed by atoms with Crippen molar-refractivity contribution in [1.82, 2.24) is 14.8 Å². The van der Waals surface area contributed by atoms with E-state index in [4.69, 9.17) is 0 Å². The topological polar surface area (TPSA) is 53.5 Å². The average molecular weight is 333 g/mol. The van der Waals surface area contributed by atoms with Gasteiger partial charge in [-0.15, -0.1) is 0 Å². The third-order valence-electron chi connectivity index (χ3n) is 4.96. The molecule has 2 saturated heterocycles. The van der Waals surface area contributed by atoms with Gasteiger partial charge in [0.15, 0.2) is 0 Å². The maximum atomic E-state index is 12.6. The van der Waals surface area contributed by atoms with E-state index in [1.165, 1.54) is 6.08 Å². The predicted molar refractivity (Wildman–Crippen MR) is 94.8 cm³/mol. The molecule has 1 spiro atoms. The van der Waals surface area contributed by atoms with Crippen molar-refractivity contribution in [2.24, 2.45) is 5.41 Å². The van der Waals surface area contributed by atoms with Crippen LogP contribution in [0.1, 0.15) is 10.4 Å². The summed E-state index contributed by atoms with van der Waals surface area (Å²) in [6.45, 7) is 6.34. The van der Waals surface area contributed by atoms with E-state index < -0.39 is 0 Å². The van der Waals surface area contributed by atoms with Gasteiger partial charge >= 0.3 is 0 Å². The SMILES string of the molecule is C=CC(=O)N1CC2(C1)CN(C(=O)c1ccc(-c3ccccc3)nc1)C2. The normalized spacial score (nSPS) is 17.6. The van der Waals surface area contributed by atoms with Crippen LogP contribution in [0.25, 0.3) is 11.3 Å². The third kappa shape index (κ3) is 2.71. The molecule has 0 atom stereocenters. The molecule has 25 heavy (non-hydrogen) atoms. The molecule has 0 unspecified atom stereocenters. The molecule has 1 aromatic heterocycles. The monoisotopic (exact) mass is 333 g/mol. The lowest BCUT2D eigenvalue weighted by Gasteiger charge is -2.59. The Labute approximate surface area is 146 Å². The van der Waals surface area contributed by atoms with Crippen molar-refractivity contribution < 1.29 is 9.59 Å². The summed E-state index contributed by atoms with van der Waals surface area (Å²) in [7, 11) is 0. The van der Waals surface area contributed by atoms with E-state index >= 15 is 0 Å². The number of hydrogen-bond donors (Lipinski definition) is 0. The lowest BCUT2D eigenvalue weighted by atomic mass is 9.72. The molecule has 2 fully saturated rings. The van der Waals surface area contributed by atoms with Crippen LogP contribution in [0.4, 0.5) is 0 Å². The molecule has 2 aliphatic rings. The molecule has 2 aliphatic heterocycles. The van der Waals surface area contributed by atoms with Crippen molar-refractivity contribution in [1.29, 1.82) is 0 Å². The van der Waals surface area contributed by atoms with Crippen LogP contribution in [-0.4, -0.2) is 52.8 Å². The molecule has 0 saturated carbocycles. The second-order valence-corrected chi connectivity index (χ2v) is 6.86. The van der Waals surface area contributed by atoms with Gasteiger partial charge < -0.3 is 9.80 Å². The molecule has 0 aliphatic carbocycles. The van der Waals surface area contributed by atoms with Crippen LogP contribution in [0.2, 0.25) is 0 Å². The molecule has 126 valence electrons. The van der Waals surface area contributed by atoms with E-state index in [0.717, 1.165) is 11.3 Å². The number of likely N-dealkylation sites (tertiary alicyclic amines) is 2. The van der Waals surface area contributed by atoms with E-state index in [0.29, 0.717) is 31.7 Å². The highest BCUT2D eigenvalue weighted by molar-refractivity contribution is 5.95. The van der Waals surface area contributed by atoms with Crippen LogP contribution < -0.4 is 0 Å². The average Bonchev–Trinajstić information content (AvgIpc) is 2.59. The lowest BCUT2D eigenvalue weighted by molar-refractivity contribution is -0.149. The number of rotatable bonds is 3. The van der Waals surface area contributed by atoms with Crippen LogP contribution in [-0.2, 0) is 4.79 Å². The first-order chi connectivity index (χ1) is 12.1. The predicted octanol–water partition coefficient (Wildman–Crippen LogP) is 2.22. The Hall–Kier alpha value is -2.95. The highest BCUT2D eigenvalue weighted by Crippen LogP contribution is 2.40. The van der Waals surface area contributed by atoms with Crippen molar-refractivity contribution >= 4 is 11.8 Å². The first-order valence-electron chi connectivity index (χ1n) is 8.32. The molecular weight excluding hydrogens is 314 g/mol. The number of nitrogens with zero attached hydrogens (tertiary/aromatic N) is 3. The minimum absolute atomic E-state index is 0.00577. The minimum atomic E-state index is -0.0314. The van der Waals surface area contributed by atoms with Gasteiger partial charge in [-0.2, -0.15) is 0 Å². The summed E-state index contributed by atoms with van der Waals surface area (Å²) >= 11 is 0. The minimum Gasteiger partial charge on any atom is -0.338 e. The Bertz CT molecular complexity index is 816. The van der Waals surface area contributed by atoms with Crippen molar-refractivity contribution in [3.05, 3.63) is 66.9 Å². The zero-order valence-corrected chi connectivity index (χ0v) is 13.9. The maximum absolute atomic E-state index is 12.6. The Kier molecular flexibility index (Phi) is 3.64. The van der Waals surface area contributed by atoms with Crippen LogP contribution in [0.15, 0.2) is 61.3 Å². The number of pyridine rings is 1. The van der Waals surface area contributed by atoms with E-state index in [-0.39, 0.29) is 17.2 Å². The third-order valence-corrected chi connectivity index (χ3v) is 4.96. The van der Waals surface area contributed by atoms with E-state index in [1.807, 2.05) is 47.4 Å². The van der Waals surface area contributed by atoms with Crippen molar-refractivity contribution in [2.45, 2.75) is 0 Å². The van der Waals surface area contributed by atoms with Crippen LogP contribution in [0.5, 0.6) is 0 Å². The highest BCUT2D eigenvalue weighted by atomic mass is 16.2. The number of aromatic nitrogens is 1. The summed E-state index contributed by atoms with van der Waals surface area (Å²) in [6, 6.07) is 13.6. The van der Waals surface area contributed by atoms with Crippen LogP contribution in [0, 0.1) is 5.41 Å². The van der Waals surface area contributed by atoms with E-state index in [2.05, 4.69) is 11.6 Å². The summed E-state index contributed by atoms with van der Waals surface area (Å²) in [6.07, 6.45) is 2.98. The van der Waals surface area contributed by atoms with Crippen molar-refractivity contribution in [3.63, 3.8) is 0 Å². The van der Waals surface area contributed by atoms with Gasteiger partial charge in [0, 0.05) is 43.4 Å². The molecule has 2 amide bonds. The molecule has 2 aromatic rings. The molecule has 0 N–H and O–H groups in total. The van der Waals surface area contributed by atoms with Crippen LogP contribution in [0.3, 0.4) is 0 Å². The van der Waals surface area contributed by atoms with Gasteiger partial charge in [0.05, 0.1) is 11.3 Å². The van der Waals surface area contributed by atoms with Gasteiger partial charge in [0.2, 0.25) is 5.91 Å². The van der Waals surface area contributed by atoms with Gasteiger partial charge in [-0.1, -0.05) is 36.9 Å². The van der Waals surface area contributed by atoms with Gasteiger partial charge in [-0.25, -0.2) is 0 Å². The largest absolute Gasteiger partial charge is 0.338 e. The number of benzene rings is 1. The molecular formula is C20H19N3O2. The Morgan fingerprint density at radius 1 is 1.00 bits per heavy atom.